The highest BCUT2D eigenvalue weighted by Crippen LogP contribution is 2.42. The SMILES string of the molecule is COc1ccc([C@@]2(c3ccc(F)c(-c4cccnc4Cl)c3)COC(N)=N2)cc1Cl. The van der Waals surface area contributed by atoms with Crippen LogP contribution in [0.3, 0.4) is 0 Å². The quantitative estimate of drug-likeness (QED) is 0.602. The van der Waals surface area contributed by atoms with E-state index in [0.717, 1.165) is 5.56 Å². The molecule has 1 aliphatic heterocycles. The third kappa shape index (κ3) is 3.39. The fourth-order valence-electron chi connectivity index (χ4n) is 3.39. The van der Waals surface area contributed by atoms with Crippen molar-refractivity contribution in [2.24, 2.45) is 10.7 Å². The van der Waals surface area contributed by atoms with Crippen LogP contribution in [0.5, 0.6) is 5.75 Å². The fourth-order valence-corrected chi connectivity index (χ4v) is 3.87. The first kappa shape index (κ1) is 19.5. The molecular formula is C21H16Cl2FN3O2. The van der Waals surface area contributed by atoms with Crippen molar-refractivity contribution < 1.29 is 13.9 Å². The maximum atomic E-state index is 14.7. The Morgan fingerprint density at radius 3 is 2.52 bits per heavy atom. The van der Waals surface area contributed by atoms with Crippen LogP contribution in [0.15, 0.2) is 59.7 Å². The van der Waals surface area contributed by atoms with Crippen molar-refractivity contribution in [3.63, 3.8) is 0 Å². The summed E-state index contributed by atoms with van der Waals surface area (Å²) in [6, 6.07) is 13.5. The normalized spacial score (nSPS) is 18.3. The number of aliphatic imine (C=N–C) groups is 1. The first-order valence-electron chi connectivity index (χ1n) is 8.67. The Labute approximate surface area is 176 Å². The number of nitrogens with zero attached hydrogens (tertiary/aromatic N) is 2. The monoisotopic (exact) mass is 431 g/mol. The van der Waals surface area contributed by atoms with Gasteiger partial charge in [-0.1, -0.05) is 35.3 Å². The number of ether oxygens (including phenoxy) is 2. The van der Waals surface area contributed by atoms with Gasteiger partial charge in [-0.25, -0.2) is 14.4 Å². The summed E-state index contributed by atoms with van der Waals surface area (Å²) in [6.07, 6.45) is 1.55. The minimum atomic E-state index is -0.989. The number of amidine groups is 1. The van der Waals surface area contributed by atoms with Gasteiger partial charge in [0.2, 0.25) is 0 Å². The van der Waals surface area contributed by atoms with Crippen LogP contribution in [-0.4, -0.2) is 24.7 Å². The molecule has 1 atom stereocenters. The van der Waals surface area contributed by atoms with E-state index in [1.54, 1.807) is 42.6 Å². The van der Waals surface area contributed by atoms with Crippen LogP contribution in [0.4, 0.5) is 4.39 Å². The van der Waals surface area contributed by atoms with E-state index >= 15 is 0 Å². The predicted molar refractivity (Wildman–Crippen MR) is 111 cm³/mol. The number of nitrogens with two attached hydrogens (primary N) is 1. The molecule has 0 aliphatic carbocycles. The van der Waals surface area contributed by atoms with E-state index in [1.165, 1.54) is 13.2 Å². The lowest BCUT2D eigenvalue weighted by molar-refractivity contribution is 0.278. The average molecular weight is 432 g/mol. The second-order valence-electron chi connectivity index (χ2n) is 6.48. The molecule has 2 aromatic carbocycles. The standard InChI is InChI=1S/C21H16Cl2FN3O2/c1-28-18-7-5-13(10-16(18)22)21(11-29-20(25)27-21)12-4-6-17(24)15(9-12)14-3-2-8-26-19(14)23/h2-10H,11H2,1H3,(H2,25,27)/t21-/m0/s1. The molecule has 1 aliphatic rings. The molecule has 0 saturated heterocycles. The van der Waals surface area contributed by atoms with Crippen molar-refractivity contribution in [3.8, 4) is 16.9 Å². The van der Waals surface area contributed by atoms with Crippen LogP contribution in [0, 0.1) is 5.82 Å². The van der Waals surface area contributed by atoms with Gasteiger partial charge in [0.25, 0.3) is 6.02 Å². The molecule has 0 radical (unpaired) electrons. The van der Waals surface area contributed by atoms with Gasteiger partial charge in [0.15, 0.2) is 5.54 Å². The van der Waals surface area contributed by atoms with Crippen LogP contribution < -0.4 is 10.5 Å². The molecule has 1 aromatic heterocycles. The summed E-state index contributed by atoms with van der Waals surface area (Å²) in [6.45, 7) is 0.146. The Morgan fingerprint density at radius 1 is 1.10 bits per heavy atom. The minimum absolute atomic E-state index is 0.0437. The van der Waals surface area contributed by atoms with Crippen LogP contribution >= 0.6 is 23.2 Å². The molecule has 2 heterocycles. The summed E-state index contributed by atoms with van der Waals surface area (Å²) in [4.78, 5) is 8.58. The highest BCUT2D eigenvalue weighted by molar-refractivity contribution is 6.32. The lowest BCUT2D eigenvalue weighted by Crippen LogP contribution is -2.27. The molecule has 0 bridgehead atoms. The largest absolute Gasteiger partial charge is 0.495 e. The van der Waals surface area contributed by atoms with Gasteiger partial charge >= 0.3 is 0 Å². The summed E-state index contributed by atoms with van der Waals surface area (Å²) in [7, 11) is 1.54. The first-order valence-corrected chi connectivity index (χ1v) is 9.43. The third-order valence-corrected chi connectivity index (χ3v) is 5.45. The Morgan fingerprint density at radius 2 is 1.86 bits per heavy atom. The lowest BCUT2D eigenvalue weighted by Gasteiger charge is -2.26. The van der Waals surface area contributed by atoms with Gasteiger partial charge in [0, 0.05) is 17.3 Å². The second kappa shape index (κ2) is 7.54. The van der Waals surface area contributed by atoms with E-state index in [0.29, 0.717) is 27.5 Å². The molecule has 29 heavy (non-hydrogen) atoms. The zero-order valence-corrected chi connectivity index (χ0v) is 16.8. The highest BCUT2D eigenvalue weighted by atomic mass is 35.5. The first-order chi connectivity index (χ1) is 13.9. The van der Waals surface area contributed by atoms with Crippen LogP contribution in [0.2, 0.25) is 10.2 Å². The lowest BCUT2D eigenvalue weighted by atomic mass is 9.83. The number of pyridine rings is 1. The highest BCUT2D eigenvalue weighted by Gasteiger charge is 2.41. The van der Waals surface area contributed by atoms with Crippen molar-refractivity contribution in [1.29, 1.82) is 0 Å². The molecule has 148 valence electrons. The molecule has 0 amide bonds. The summed E-state index contributed by atoms with van der Waals surface area (Å²) in [5.74, 6) is 0.103. The summed E-state index contributed by atoms with van der Waals surface area (Å²) < 4.78 is 25.4. The topological polar surface area (TPSA) is 69.7 Å². The van der Waals surface area contributed by atoms with Crippen LogP contribution in [-0.2, 0) is 10.3 Å². The molecule has 8 heteroatoms. The number of benzene rings is 2. The molecule has 3 aromatic rings. The van der Waals surface area contributed by atoms with E-state index in [9.17, 15) is 4.39 Å². The number of hydrogen-bond acceptors (Lipinski definition) is 5. The molecule has 4 rings (SSSR count). The van der Waals surface area contributed by atoms with Crippen molar-refractivity contribution in [1.82, 2.24) is 4.98 Å². The zero-order valence-electron chi connectivity index (χ0n) is 15.3. The molecule has 0 spiro atoms. The van der Waals surface area contributed by atoms with Crippen molar-refractivity contribution >= 4 is 29.2 Å². The number of hydrogen-bond donors (Lipinski definition) is 1. The minimum Gasteiger partial charge on any atom is -0.495 e. The van der Waals surface area contributed by atoms with Gasteiger partial charge in [-0.15, -0.1) is 0 Å². The Balaban J connectivity index is 1.91. The summed E-state index contributed by atoms with van der Waals surface area (Å²) >= 11 is 12.5. The third-order valence-electron chi connectivity index (χ3n) is 4.85. The molecule has 0 saturated carbocycles. The number of halogens is 3. The second-order valence-corrected chi connectivity index (χ2v) is 7.25. The van der Waals surface area contributed by atoms with E-state index in [-0.39, 0.29) is 17.8 Å². The van der Waals surface area contributed by atoms with E-state index in [1.807, 2.05) is 6.07 Å². The molecular weight excluding hydrogens is 416 g/mol. The summed E-state index contributed by atoms with van der Waals surface area (Å²) in [5.41, 5.74) is 7.05. The maximum Gasteiger partial charge on any atom is 0.283 e. The van der Waals surface area contributed by atoms with E-state index in [4.69, 9.17) is 38.4 Å². The van der Waals surface area contributed by atoms with Gasteiger partial charge in [-0.05, 0) is 47.5 Å². The van der Waals surface area contributed by atoms with E-state index in [2.05, 4.69) is 9.98 Å². The van der Waals surface area contributed by atoms with Crippen molar-refractivity contribution in [3.05, 3.63) is 81.8 Å². The Kier molecular flexibility index (Phi) is 5.06. The molecule has 0 unspecified atom stereocenters. The zero-order chi connectivity index (χ0) is 20.6. The Hall–Kier alpha value is -2.83. The van der Waals surface area contributed by atoms with E-state index < -0.39 is 11.4 Å². The Bertz CT molecular complexity index is 1120. The van der Waals surface area contributed by atoms with Crippen molar-refractivity contribution in [2.75, 3.05) is 13.7 Å². The molecule has 2 N–H and O–H groups in total. The van der Waals surface area contributed by atoms with Gasteiger partial charge in [-0.3, -0.25) is 0 Å². The van der Waals surface area contributed by atoms with Crippen LogP contribution in [0.1, 0.15) is 11.1 Å². The fraction of sp³-hybridized carbons (Fsp3) is 0.143. The predicted octanol–water partition coefficient (Wildman–Crippen LogP) is 4.79. The number of aromatic nitrogens is 1. The molecule has 5 nitrogen and oxygen atoms in total. The maximum absolute atomic E-state index is 14.7. The number of methoxy groups -OCH3 is 1. The summed E-state index contributed by atoms with van der Waals surface area (Å²) in [5, 5.41) is 0.624. The van der Waals surface area contributed by atoms with Gasteiger partial charge in [0.1, 0.15) is 23.3 Å². The van der Waals surface area contributed by atoms with Crippen molar-refractivity contribution in [2.45, 2.75) is 5.54 Å². The van der Waals surface area contributed by atoms with Gasteiger partial charge in [0.05, 0.1) is 12.1 Å². The van der Waals surface area contributed by atoms with Gasteiger partial charge < -0.3 is 15.2 Å². The van der Waals surface area contributed by atoms with Gasteiger partial charge in [-0.2, -0.15) is 0 Å². The average Bonchev–Trinajstić information content (AvgIpc) is 3.12. The number of rotatable bonds is 4. The smallest absolute Gasteiger partial charge is 0.283 e. The molecule has 0 fully saturated rings. The van der Waals surface area contributed by atoms with Crippen LogP contribution in [0.25, 0.3) is 11.1 Å².